The third-order valence-corrected chi connectivity index (χ3v) is 10.0. The quantitative estimate of drug-likeness (QED) is 0.403. The van der Waals surface area contributed by atoms with E-state index in [1.165, 1.54) is 11.8 Å². The molecule has 0 radical (unpaired) electrons. The van der Waals surface area contributed by atoms with Crippen molar-refractivity contribution in [2.75, 3.05) is 44.2 Å². The van der Waals surface area contributed by atoms with Crippen molar-refractivity contribution >= 4 is 33.4 Å². The Morgan fingerprint density at radius 3 is 2.33 bits per heavy atom. The molecule has 1 saturated heterocycles. The molecule has 2 aliphatic rings. The third-order valence-electron chi connectivity index (χ3n) is 7.15. The largest absolute Gasteiger partial charge is 0.343 e. The number of piperazine rings is 1. The highest BCUT2D eigenvalue weighted by Crippen LogP contribution is 2.33. The van der Waals surface area contributed by atoms with Gasteiger partial charge in [0.25, 0.3) is 0 Å². The summed E-state index contributed by atoms with van der Waals surface area (Å²) in [6.07, 6.45) is 3.12. The van der Waals surface area contributed by atoms with Gasteiger partial charge in [-0.15, -0.1) is 11.8 Å². The zero-order chi connectivity index (χ0) is 26.3. The van der Waals surface area contributed by atoms with Crippen LogP contribution in [-0.4, -0.2) is 79.8 Å². The van der Waals surface area contributed by atoms with Gasteiger partial charge in [-0.25, -0.2) is 8.42 Å². The second-order valence-electron chi connectivity index (χ2n) is 10.6. The standard InChI is InChI=1S/C26H38N4O4S2/c1-26(2,3)30-16-14-29(15-17-30)24(31)18-35-21-8-10-22(11-9-21)36(33,34)19-20-6-4-5-7-23(20)25(32)28-13-12-27/h8-11,20,23H,4-7,13-19H2,1-3H3,(H,28,32). The van der Waals surface area contributed by atoms with E-state index >= 15 is 0 Å². The fourth-order valence-electron chi connectivity index (χ4n) is 4.99. The van der Waals surface area contributed by atoms with Crippen LogP contribution in [0.3, 0.4) is 0 Å². The van der Waals surface area contributed by atoms with Crippen molar-refractivity contribution in [1.82, 2.24) is 15.1 Å². The molecule has 3 rings (SSSR count). The minimum Gasteiger partial charge on any atom is -0.343 e. The van der Waals surface area contributed by atoms with E-state index < -0.39 is 9.84 Å². The summed E-state index contributed by atoms with van der Waals surface area (Å²) in [4.78, 5) is 30.5. The Morgan fingerprint density at radius 1 is 1.08 bits per heavy atom. The number of rotatable bonds is 8. The Kier molecular flexibility index (Phi) is 9.84. The van der Waals surface area contributed by atoms with Crippen molar-refractivity contribution in [2.45, 2.75) is 61.8 Å². The number of hydrogen-bond donors (Lipinski definition) is 1. The summed E-state index contributed by atoms with van der Waals surface area (Å²) in [5.74, 6) is -0.524. The van der Waals surface area contributed by atoms with Crippen LogP contribution in [0.2, 0.25) is 0 Å². The number of nitrogens with one attached hydrogen (secondary N) is 1. The predicted molar refractivity (Wildman–Crippen MR) is 141 cm³/mol. The predicted octanol–water partition coefficient (Wildman–Crippen LogP) is 2.94. The number of hydrogen-bond acceptors (Lipinski definition) is 7. The normalized spacial score (nSPS) is 21.6. The van der Waals surface area contributed by atoms with Gasteiger partial charge in [-0.05, 0) is 63.8 Å². The van der Waals surface area contributed by atoms with E-state index in [1.54, 1.807) is 24.3 Å². The fraction of sp³-hybridized carbons (Fsp3) is 0.654. The monoisotopic (exact) mass is 534 g/mol. The molecule has 1 aromatic rings. The molecule has 36 heavy (non-hydrogen) atoms. The van der Waals surface area contributed by atoms with Gasteiger partial charge >= 0.3 is 0 Å². The van der Waals surface area contributed by atoms with E-state index in [1.807, 2.05) is 11.0 Å². The molecular weight excluding hydrogens is 496 g/mol. The van der Waals surface area contributed by atoms with Crippen LogP contribution in [0.25, 0.3) is 0 Å². The van der Waals surface area contributed by atoms with E-state index in [0.717, 1.165) is 43.9 Å². The highest BCUT2D eigenvalue weighted by molar-refractivity contribution is 8.00. The number of carbonyl (C=O) groups is 2. The van der Waals surface area contributed by atoms with Gasteiger partial charge in [-0.3, -0.25) is 14.5 Å². The molecule has 0 aromatic heterocycles. The molecule has 0 bridgehead atoms. The third kappa shape index (κ3) is 7.70. The second-order valence-corrected chi connectivity index (χ2v) is 13.7. The zero-order valence-electron chi connectivity index (χ0n) is 21.5. The Morgan fingerprint density at radius 2 is 1.72 bits per heavy atom. The molecular formula is C26H38N4O4S2. The van der Waals surface area contributed by atoms with E-state index in [-0.39, 0.29) is 46.4 Å². The Bertz CT molecular complexity index is 1050. The van der Waals surface area contributed by atoms with Crippen LogP contribution >= 0.6 is 11.8 Å². The second kappa shape index (κ2) is 12.4. The molecule has 1 aromatic carbocycles. The van der Waals surface area contributed by atoms with Crippen LogP contribution in [0.15, 0.2) is 34.1 Å². The van der Waals surface area contributed by atoms with Crippen LogP contribution in [0.5, 0.6) is 0 Å². The fourth-order valence-corrected chi connectivity index (χ4v) is 7.50. The summed E-state index contributed by atoms with van der Waals surface area (Å²) >= 11 is 1.42. The summed E-state index contributed by atoms with van der Waals surface area (Å²) in [6, 6.07) is 8.59. The Labute approximate surface area is 219 Å². The number of thioether (sulfide) groups is 1. The van der Waals surface area contributed by atoms with E-state index in [2.05, 4.69) is 31.0 Å². The summed E-state index contributed by atoms with van der Waals surface area (Å²) in [5, 5.41) is 11.3. The van der Waals surface area contributed by atoms with Gasteiger partial charge in [0.05, 0.1) is 22.5 Å². The minimum atomic E-state index is -3.56. The number of benzene rings is 1. The number of nitrogens with zero attached hydrogens (tertiary/aromatic N) is 3. The van der Waals surface area contributed by atoms with Gasteiger partial charge in [0, 0.05) is 42.5 Å². The van der Waals surface area contributed by atoms with Crippen molar-refractivity contribution in [2.24, 2.45) is 11.8 Å². The first-order valence-electron chi connectivity index (χ1n) is 12.6. The van der Waals surface area contributed by atoms with Crippen molar-refractivity contribution in [1.29, 1.82) is 5.26 Å². The van der Waals surface area contributed by atoms with Crippen LogP contribution in [0.1, 0.15) is 46.5 Å². The van der Waals surface area contributed by atoms with Gasteiger partial charge in [-0.2, -0.15) is 5.26 Å². The molecule has 10 heteroatoms. The molecule has 1 N–H and O–H groups in total. The van der Waals surface area contributed by atoms with Crippen molar-refractivity contribution in [3.63, 3.8) is 0 Å². The number of sulfone groups is 1. The Hall–Kier alpha value is -2.09. The number of nitriles is 1. The van der Waals surface area contributed by atoms with Gasteiger partial charge in [-0.1, -0.05) is 12.8 Å². The number of amides is 2. The molecule has 2 amide bonds. The molecule has 1 aliphatic carbocycles. The zero-order valence-corrected chi connectivity index (χ0v) is 23.2. The molecule has 2 unspecified atom stereocenters. The average Bonchev–Trinajstić information content (AvgIpc) is 2.85. The lowest BCUT2D eigenvalue weighted by molar-refractivity contribution is -0.131. The van der Waals surface area contributed by atoms with Crippen molar-refractivity contribution < 1.29 is 18.0 Å². The maximum Gasteiger partial charge on any atom is 0.233 e. The van der Waals surface area contributed by atoms with E-state index in [9.17, 15) is 18.0 Å². The molecule has 1 saturated carbocycles. The lowest BCUT2D eigenvalue weighted by atomic mass is 9.80. The molecule has 2 fully saturated rings. The maximum absolute atomic E-state index is 13.1. The summed E-state index contributed by atoms with van der Waals surface area (Å²) < 4.78 is 26.2. The van der Waals surface area contributed by atoms with Gasteiger partial charge in [0.1, 0.15) is 6.54 Å². The lowest BCUT2D eigenvalue weighted by Crippen LogP contribution is -2.54. The molecule has 1 aliphatic heterocycles. The van der Waals surface area contributed by atoms with E-state index in [0.29, 0.717) is 18.6 Å². The van der Waals surface area contributed by atoms with Gasteiger partial charge in [0.15, 0.2) is 9.84 Å². The van der Waals surface area contributed by atoms with Gasteiger partial charge in [0.2, 0.25) is 11.8 Å². The molecule has 1 heterocycles. The first-order chi connectivity index (χ1) is 17.0. The van der Waals surface area contributed by atoms with Crippen LogP contribution in [0, 0.1) is 23.2 Å². The minimum absolute atomic E-state index is 0.0659. The molecule has 0 spiro atoms. The van der Waals surface area contributed by atoms with E-state index in [4.69, 9.17) is 5.26 Å². The highest BCUT2D eigenvalue weighted by atomic mass is 32.2. The van der Waals surface area contributed by atoms with Crippen LogP contribution < -0.4 is 5.32 Å². The summed E-state index contributed by atoms with van der Waals surface area (Å²) in [5.41, 5.74) is 0.105. The van der Waals surface area contributed by atoms with Gasteiger partial charge < -0.3 is 10.2 Å². The van der Waals surface area contributed by atoms with Crippen molar-refractivity contribution in [3.05, 3.63) is 24.3 Å². The molecule has 8 nitrogen and oxygen atoms in total. The smallest absolute Gasteiger partial charge is 0.233 e. The van der Waals surface area contributed by atoms with Crippen LogP contribution in [0.4, 0.5) is 0 Å². The summed E-state index contributed by atoms with van der Waals surface area (Å²) in [7, 11) is -3.56. The van der Waals surface area contributed by atoms with Crippen LogP contribution in [-0.2, 0) is 19.4 Å². The SMILES string of the molecule is CC(C)(C)N1CCN(C(=O)CSc2ccc(S(=O)(=O)CC3CCCCC3C(=O)NCC#N)cc2)CC1. The molecule has 2 atom stereocenters. The first-order valence-corrected chi connectivity index (χ1v) is 15.3. The average molecular weight is 535 g/mol. The maximum atomic E-state index is 13.1. The molecule has 198 valence electrons. The topological polar surface area (TPSA) is 111 Å². The lowest BCUT2D eigenvalue weighted by Gasteiger charge is -2.42. The Balaban J connectivity index is 1.53. The first kappa shape index (κ1) is 28.5. The summed E-state index contributed by atoms with van der Waals surface area (Å²) in [6.45, 7) is 9.68. The number of carbonyl (C=O) groups excluding carboxylic acids is 2. The highest BCUT2D eigenvalue weighted by Gasteiger charge is 2.34. The van der Waals surface area contributed by atoms with Crippen molar-refractivity contribution in [3.8, 4) is 6.07 Å².